The minimum Gasteiger partial charge on any atom is -0.352 e. The average molecular weight is 239 g/mol. The fourth-order valence-corrected chi connectivity index (χ4v) is 3.03. The van der Waals surface area contributed by atoms with Gasteiger partial charge in [-0.15, -0.1) is 0 Å². The summed E-state index contributed by atoms with van der Waals surface area (Å²) in [5.74, 6) is 1.22. The molecule has 0 saturated carbocycles. The summed E-state index contributed by atoms with van der Waals surface area (Å²) in [6.45, 7) is 7.53. The van der Waals surface area contributed by atoms with Crippen LogP contribution in [0.5, 0.6) is 0 Å². The molecular weight excluding hydrogens is 214 g/mol. The van der Waals surface area contributed by atoms with Gasteiger partial charge in [0.05, 0.1) is 6.04 Å². The van der Waals surface area contributed by atoms with Gasteiger partial charge in [-0.25, -0.2) is 0 Å². The van der Waals surface area contributed by atoms with Crippen molar-refractivity contribution in [3.63, 3.8) is 0 Å². The third kappa shape index (κ3) is 2.99. The number of carbonyl (C=O) groups is 1. The Morgan fingerprint density at radius 2 is 2.06 bits per heavy atom. The van der Waals surface area contributed by atoms with E-state index in [9.17, 15) is 4.79 Å². The molecule has 17 heavy (non-hydrogen) atoms. The Morgan fingerprint density at radius 3 is 2.65 bits per heavy atom. The Hall–Kier alpha value is -0.610. The first-order valence-electron chi connectivity index (χ1n) is 6.80. The number of carbonyl (C=O) groups excluding carboxylic acids is 1. The predicted octanol–water partition coefficient (Wildman–Crippen LogP) is 0.441. The number of nitrogens with zero attached hydrogens (tertiary/aromatic N) is 1. The molecule has 98 valence electrons. The Bertz CT molecular complexity index is 282. The molecule has 0 aliphatic carbocycles. The van der Waals surface area contributed by atoms with Crippen LogP contribution in [0.15, 0.2) is 0 Å². The summed E-state index contributed by atoms with van der Waals surface area (Å²) >= 11 is 0. The van der Waals surface area contributed by atoms with Gasteiger partial charge in [0.15, 0.2) is 0 Å². The number of piperidine rings is 1. The van der Waals surface area contributed by atoms with Crippen LogP contribution >= 0.6 is 0 Å². The molecule has 4 atom stereocenters. The fraction of sp³-hybridized carbons (Fsp3) is 0.923. The van der Waals surface area contributed by atoms with Crippen LogP contribution in [0.25, 0.3) is 0 Å². The highest BCUT2D eigenvalue weighted by Crippen LogP contribution is 2.18. The number of amides is 1. The highest BCUT2D eigenvalue weighted by atomic mass is 16.2. The second kappa shape index (κ2) is 5.36. The lowest BCUT2D eigenvalue weighted by molar-refractivity contribution is -0.125. The molecule has 0 bridgehead atoms. The predicted molar refractivity (Wildman–Crippen MR) is 68.8 cm³/mol. The summed E-state index contributed by atoms with van der Waals surface area (Å²) in [6.07, 6.45) is 2.19. The van der Waals surface area contributed by atoms with Crippen LogP contribution in [0.1, 0.15) is 26.7 Å². The Kier molecular flexibility index (Phi) is 4.05. The number of rotatable bonds is 2. The molecule has 2 aliphatic rings. The van der Waals surface area contributed by atoms with Gasteiger partial charge in [0.25, 0.3) is 0 Å². The molecule has 2 N–H and O–H groups in total. The first-order valence-corrected chi connectivity index (χ1v) is 6.80. The number of likely N-dealkylation sites (tertiary alicyclic amines) is 1. The Morgan fingerprint density at radius 1 is 1.29 bits per heavy atom. The molecule has 2 saturated heterocycles. The first kappa shape index (κ1) is 12.8. The summed E-state index contributed by atoms with van der Waals surface area (Å²) in [5, 5.41) is 6.53. The van der Waals surface area contributed by atoms with E-state index in [1.165, 1.54) is 0 Å². The quantitative estimate of drug-likeness (QED) is 0.735. The van der Waals surface area contributed by atoms with Gasteiger partial charge in [0.1, 0.15) is 0 Å². The van der Waals surface area contributed by atoms with Crippen LogP contribution < -0.4 is 10.6 Å². The van der Waals surface area contributed by atoms with Crippen molar-refractivity contribution in [3.05, 3.63) is 0 Å². The van der Waals surface area contributed by atoms with Crippen LogP contribution in [0, 0.1) is 11.8 Å². The van der Waals surface area contributed by atoms with Gasteiger partial charge in [-0.1, -0.05) is 13.8 Å². The van der Waals surface area contributed by atoms with Gasteiger partial charge in [0.2, 0.25) is 5.91 Å². The van der Waals surface area contributed by atoms with Crippen LogP contribution in [0.3, 0.4) is 0 Å². The molecule has 0 aromatic heterocycles. The fourth-order valence-electron chi connectivity index (χ4n) is 3.03. The van der Waals surface area contributed by atoms with Gasteiger partial charge >= 0.3 is 0 Å². The largest absolute Gasteiger partial charge is 0.352 e. The third-order valence-electron chi connectivity index (χ3n) is 4.25. The standard InChI is InChI=1S/C13H25N3O/c1-9-4-6-14-12(9)13(17)15-11-5-7-16(3)8-10(11)2/h9-12,14H,4-8H2,1-3H3,(H,15,17). The van der Waals surface area contributed by atoms with E-state index in [0.29, 0.717) is 17.9 Å². The molecule has 0 aromatic carbocycles. The topological polar surface area (TPSA) is 44.4 Å². The maximum Gasteiger partial charge on any atom is 0.237 e. The maximum absolute atomic E-state index is 12.2. The normalized spacial score (nSPS) is 39.2. The van der Waals surface area contributed by atoms with Crippen molar-refractivity contribution in [2.75, 3.05) is 26.7 Å². The van der Waals surface area contributed by atoms with E-state index in [2.05, 4.69) is 36.4 Å². The molecule has 2 rings (SSSR count). The molecular formula is C13H25N3O. The monoisotopic (exact) mass is 239 g/mol. The number of nitrogens with one attached hydrogen (secondary N) is 2. The van der Waals surface area contributed by atoms with Crippen LogP contribution in [-0.2, 0) is 4.79 Å². The van der Waals surface area contributed by atoms with E-state index in [4.69, 9.17) is 0 Å². The zero-order valence-electron chi connectivity index (χ0n) is 11.2. The van der Waals surface area contributed by atoms with Gasteiger partial charge in [-0.3, -0.25) is 4.79 Å². The molecule has 2 aliphatic heterocycles. The van der Waals surface area contributed by atoms with Crippen molar-refractivity contribution < 1.29 is 4.79 Å². The lowest BCUT2D eigenvalue weighted by Gasteiger charge is -2.36. The summed E-state index contributed by atoms with van der Waals surface area (Å²) < 4.78 is 0. The van der Waals surface area contributed by atoms with E-state index in [1.807, 2.05) is 0 Å². The second-order valence-corrected chi connectivity index (χ2v) is 5.84. The summed E-state index contributed by atoms with van der Waals surface area (Å²) in [5.41, 5.74) is 0. The zero-order valence-corrected chi connectivity index (χ0v) is 11.2. The maximum atomic E-state index is 12.2. The molecule has 1 amide bonds. The van der Waals surface area contributed by atoms with E-state index in [-0.39, 0.29) is 11.9 Å². The SMILES string of the molecule is CC1CN(C)CCC1NC(=O)C1NCCC1C. The lowest BCUT2D eigenvalue weighted by Crippen LogP contribution is -2.53. The zero-order chi connectivity index (χ0) is 12.4. The van der Waals surface area contributed by atoms with E-state index >= 15 is 0 Å². The van der Waals surface area contributed by atoms with Crippen molar-refractivity contribution in [1.82, 2.24) is 15.5 Å². The van der Waals surface area contributed by atoms with Gasteiger partial charge in [-0.05, 0) is 44.8 Å². The van der Waals surface area contributed by atoms with E-state index in [1.54, 1.807) is 0 Å². The van der Waals surface area contributed by atoms with Crippen LogP contribution in [0.2, 0.25) is 0 Å². The summed E-state index contributed by atoms with van der Waals surface area (Å²) in [4.78, 5) is 14.5. The Labute approximate surface area is 104 Å². The van der Waals surface area contributed by atoms with Crippen LogP contribution in [-0.4, -0.2) is 49.6 Å². The van der Waals surface area contributed by atoms with Crippen molar-refractivity contribution in [1.29, 1.82) is 0 Å². The highest BCUT2D eigenvalue weighted by molar-refractivity contribution is 5.82. The van der Waals surface area contributed by atoms with E-state index < -0.39 is 0 Å². The van der Waals surface area contributed by atoms with Crippen molar-refractivity contribution in [3.8, 4) is 0 Å². The van der Waals surface area contributed by atoms with Gasteiger partial charge in [0, 0.05) is 12.6 Å². The van der Waals surface area contributed by atoms with Crippen molar-refractivity contribution >= 4 is 5.91 Å². The summed E-state index contributed by atoms with van der Waals surface area (Å²) in [7, 11) is 2.15. The molecule has 2 heterocycles. The highest BCUT2D eigenvalue weighted by Gasteiger charge is 2.32. The minimum absolute atomic E-state index is 0.0295. The average Bonchev–Trinajstić information content (AvgIpc) is 2.68. The van der Waals surface area contributed by atoms with Crippen LogP contribution in [0.4, 0.5) is 0 Å². The molecule has 4 nitrogen and oxygen atoms in total. The molecule has 0 spiro atoms. The van der Waals surface area contributed by atoms with E-state index in [0.717, 1.165) is 32.5 Å². The molecule has 0 radical (unpaired) electrons. The molecule has 4 heteroatoms. The molecule has 0 aromatic rings. The second-order valence-electron chi connectivity index (χ2n) is 5.84. The number of hydrogen-bond acceptors (Lipinski definition) is 3. The molecule has 2 fully saturated rings. The Balaban J connectivity index is 1.86. The third-order valence-corrected chi connectivity index (χ3v) is 4.25. The lowest BCUT2D eigenvalue weighted by atomic mass is 9.93. The smallest absolute Gasteiger partial charge is 0.237 e. The van der Waals surface area contributed by atoms with Crippen molar-refractivity contribution in [2.24, 2.45) is 11.8 Å². The molecule has 4 unspecified atom stereocenters. The minimum atomic E-state index is 0.0295. The van der Waals surface area contributed by atoms with Gasteiger partial charge in [-0.2, -0.15) is 0 Å². The van der Waals surface area contributed by atoms with Crippen molar-refractivity contribution in [2.45, 2.75) is 38.8 Å². The first-order chi connectivity index (χ1) is 8.08. The van der Waals surface area contributed by atoms with Gasteiger partial charge < -0.3 is 15.5 Å². The number of hydrogen-bond donors (Lipinski definition) is 2. The summed E-state index contributed by atoms with van der Waals surface area (Å²) in [6, 6.07) is 0.384.